The molecule has 5 fully saturated rings. The molecule has 316 valence electrons. The predicted octanol–water partition coefficient (Wildman–Crippen LogP) is -9.87. The highest BCUT2D eigenvalue weighted by Crippen LogP contribution is 2.37. The summed E-state index contributed by atoms with van der Waals surface area (Å²) >= 11 is 0. The lowest BCUT2D eigenvalue weighted by atomic mass is 9.95. The van der Waals surface area contributed by atoms with Gasteiger partial charge in [-0.15, -0.1) is 0 Å². The van der Waals surface area contributed by atoms with Gasteiger partial charge in [0.05, 0.1) is 32.0 Å². The average molecular weight is 797 g/mol. The van der Waals surface area contributed by atoms with Crippen LogP contribution in [0.4, 0.5) is 0 Å². The summed E-state index contributed by atoms with van der Waals surface area (Å²) in [4.78, 5) is 0. The highest BCUT2D eigenvalue weighted by atomic mass is 16.8. The van der Waals surface area contributed by atoms with E-state index in [9.17, 15) is 76.6 Å². The van der Waals surface area contributed by atoms with Crippen LogP contribution < -0.4 is 0 Å². The normalized spacial score (nSPS) is 54.7. The zero-order valence-corrected chi connectivity index (χ0v) is 28.9. The van der Waals surface area contributed by atoms with Crippen LogP contribution in [0.3, 0.4) is 0 Å². The molecule has 0 aliphatic carbocycles. The molecule has 24 nitrogen and oxygen atoms in total. The quantitative estimate of drug-likeness (QED) is 0.0923. The highest BCUT2D eigenvalue weighted by Gasteiger charge is 2.57. The largest absolute Gasteiger partial charge is 0.394 e. The number of hydrogen-bond donors (Lipinski definition) is 15. The first-order chi connectivity index (χ1) is 25.4. The van der Waals surface area contributed by atoms with Crippen LogP contribution in [0.15, 0.2) is 0 Å². The molecule has 54 heavy (non-hydrogen) atoms. The van der Waals surface area contributed by atoms with Crippen molar-refractivity contribution in [3.63, 3.8) is 0 Å². The predicted molar refractivity (Wildman–Crippen MR) is 164 cm³/mol. The Morgan fingerprint density at radius 1 is 0.333 bits per heavy atom. The van der Waals surface area contributed by atoms with Crippen molar-refractivity contribution in [2.24, 2.45) is 0 Å². The van der Waals surface area contributed by atoms with Crippen molar-refractivity contribution in [1.82, 2.24) is 0 Å². The van der Waals surface area contributed by atoms with E-state index in [-0.39, 0.29) is 0 Å². The Labute approximate surface area is 306 Å². The van der Waals surface area contributed by atoms with E-state index in [1.54, 1.807) is 0 Å². The summed E-state index contributed by atoms with van der Waals surface area (Å²) < 4.78 is 51.2. The number of aliphatic hydroxyl groups excluding tert-OH is 15. The molecule has 0 aromatic carbocycles. The molecular weight excluding hydrogens is 744 g/mol. The molecule has 5 heterocycles. The highest BCUT2D eigenvalue weighted by molar-refractivity contribution is 4.99. The second-order valence-corrected chi connectivity index (χ2v) is 13.9. The van der Waals surface area contributed by atoms with E-state index in [1.807, 2.05) is 0 Å². The van der Waals surface area contributed by atoms with Gasteiger partial charge in [0.15, 0.2) is 31.5 Å². The Morgan fingerprint density at radius 3 is 1.20 bits per heavy atom. The van der Waals surface area contributed by atoms with Crippen LogP contribution in [0.5, 0.6) is 0 Å². The van der Waals surface area contributed by atoms with Crippen LogP contribution in [0.1, 0.15) is 13.8 Å². The Kier molecular flexibility index (Phi) is 15.0. The first kappa shape index (κ1) is 44.1. The van der Waals surface area contributed by atoms with Gasteiger partial charge in [-0.2, -0.15) is 0 Å². The Bertz CT molecular complexity index is 1170. The molecule has 0 radical (unpaired) electrons. The van der Waals surface area contributed by atoms with E-state index in [2.05, 4.69) is 0 Å². The molecule has 0 saturated carbocycles. The monoisotopic (exact) mass is 796 g/mol. The molecule has 24 heteroatoms. The van der Waals surface area contributed by atoms with Gasteiger partial charge in [0.2, 0.25) is 0 Å². The molecule has 25 atom stereocenters. The van der Waals surface area contributed by atoms with Gasteiger partial charge < -0.3 is 119 Å². The van der Waals surface area contributed by atoms with E-state index < -0.39 is 173 Å². The van der Waals surface area contributed by atoms with Crippen molar-refractivity contribution in [3.05, 3.63) is 0 Å². The SMILES string of the molecule is CC1OC(OC2C(CO)OC(O)C(O)C2OC2OC(CO)C(O)C(OC3OC(CO)C(O)C(O)C3O)C2OC2OC(C)C(O)C(O)C2O)C(O)C(O)C1O. The van der Waals surface area contributed by atoms with Crippen LogP contribution in [-0.2, 0) is 42.6 Å². The van der Waals surface area contributed by atoms with Gasteiger partial charge in [-0.05, 0) is 13.8 Å². The second-order valence-electron chi connectivity index (χ2n) is 13.9. The molecule has 15 N–H and O–H groups in total. The first-order valence-electron chi connectivity index (χ1n) is 17.3. The van der Waals surface area contributed by atoms with Gasteiger partial charge in [0.25, 0.3) is 0 Å². The van der Waals surface area contributed by atoms with Crippen molar-refractivity contribution in [1.29, 1.82) is 0 Å². The lowest BCUT2D eigenvalue weighted by molar-refractivity contribution is -0.411. The van der Waals surface area contributed by atoms with E-state index in [1.165, 1.54) is 13.8 Å². The number of ether oxygens (including phenoxy) is 9. The number of hydrogen-bond acceptors (Lipinski definition) is 24. The van der Waals surface area contributed by atoms with Crippen molar-refractivity contribution >= 4 is 0 Å². The maximum absolute atomic E-state index is 11.4. The molecule has 5 rings (SSSR count). The van der Waals surface area contributed by atoms with E-state index >= 15 is 0 Å². The first-order valence-corrected chi connectivity index (χ1v) is 17.3. The van der Waals surface area contributed by atoms with Crippen molar-refractivity contribution in [2.45, 2.75) is 167 Å². The molecule has 25 unspecified atom stereocenters. The van der Waals surface area contributed by atoms with Crippen LogP contribution in [0, 0.1) is 0 Å². The van der Waals surface area contributed by atoms with E-state index in [4.69, 9.17) is 42.6 Å². The maximum atomic E-state index is 11.4. The second kappa shape index (κ2) is 18.3. The summed E-state index contributed by atoms with van der Waals surface area (Å²) in [6.45, 7) is -0.126. The summed E-state index contributed by atoms with van der Waals surface area (Å²) in [5.41, 5.74) is 0. The smallest absolute Gasteiger partial charge is 0.187 e. The van der Waals surface area contributed by atoms with Crippen LogP contribution in [0.25, 0.3) is 0 Å². The third kappa shape index (κ3) is 8.72. The Morgan fingerprint density at radius 2 is 0.704 bits per heavy atom. The van der Waals surface area contributed by atoms with Gasteiger partial charge in [-0.1, -0.05) is 0 Å². The van der Waals surface area contributed by atoms with E-state index in [0.717, 1.165) is 0 Å². The van der Waals surface area contributed by atoms with Gasteiger partial charge in [-0.25, -0.2) is 0 Å². The zero-order valence-electron chi connectivity index (χ0n) is 28.9. The summed E-state index contributed by atoms with van der Waals surface area (Å²) in [5.74, 6) is 0. The fraction of sp³-hybridized carbons (Fsp3) is 1.00. The molecule has 0 bridgehead atoms. The lowest BCUT2D eigenvalue weighted by Crippen LogP contribution is -2.69. The molecule has 5 aliphatic heterocycles. The van der Waals surface area contributed by atoms with E-state index in [0.29, 0.717) is 0 Å². The third-order valence-corrected chi connectivity index (χ3v) is 10.2. The van der Waals surface area contributed by atoms with Crippen LogP contribution in [0.2, 0.25) is 0 Å². The third-order valence-electron chi connectivity index (χ3n) is 10.2. The molecule has 0 amide bonds. The summed E-state index contributed by atoms with van der Waals surface area (Å²) in [5, 5.41) is 157. The fourth-order valence-corrected chi connectivity index (χ4v) is 6.88. The van der Waals surface area contributed by atoms with Gasteiger partial charge in [-0.3, -0.25) is 0 Å². The maximum Gasteiger partial charge on any atom is 0.187 e. The molecule has 0 aromatic rings. The van der Waals surface area contributed by atoms with Crippen molar-refractivity contribution in [2.75, 3.05) is 19.8 Å². The van der Waals surface area contributed by atoms with Gasteiger partial charge in [0, 0.05) is 0 Å². The van der Waals surface area contributed by atoms with Crippen molar-refractivity contribution < 1.29 is 119 Å². The van der Waals surface area contributed by atoms with Crippen molar-refractivity contribution in [3.8, 4) is 0 Å². The Hall–Kier alpha value is -0.960. The lowest BCUT2D eigenvalue weighted by Gasteiger charge is -2.51. The summed E-state index contributed by atoms with van der Waals surface area (Å²) in [6, 6.07) is 0. The van der Waals surface area contributed by atoms with Gasteiger partial charge >= 0.3 is 0 Å². The number of aliphatic hydroxyl groups is 15. The minimum atomic E-state index is -2.10. The summed E-state index contributed by atoms with van der Waals surface area (Å²) in [6.07, 6.45) is -45.1. The standard InChI is InChI=1S/C30H52O24/c1-6-11(34)15(38)18(41)27(46-6)51-22-10(5-33)48-26(45)21(44)24(22)53-30-25(54-28-19(42)16(39)12(35)7(2)47-28)23(14(37)9(4-32)50-30)52-29-20(43)17(40)13(36)8(3-31)49-29/h6-45H,3-5H2,1-2H3. The zero-order chi connectivity index (χ0) is 39.9. The minimum absolute atomic E-state index is 0.877. The van der Waals surface area contributed by atoms with Crippen LogP contribution >= 0.6 is 0 Å². The number of rotatable bonds is 11. The average Bonchev–Trinajstić information content (AvgIpc) is 3.15. The van der Waals surface area contributed by atoms with Crippen LogP contribution in [-0.4, -0.2) is 250 Å². The minimum Gasteiger partial charge on any atom is -0.394 e. The molecule has 0 aromatic heterocycles. The molecular formula is C30H52O24. The topological polar surface area (TPSA) is 387 Å². The molecule has 5 saturated heterocycles. The fourth-order valence-electron chi connectivity index (χ4n) is 6.88. The summed E-state index contributed by atoms with van der Waals surface area (Å²) in [7, 11) is 0. The van der Waals surface area contributed by atoms with Gasteiger partial charge in [0.1, 0.15) is 110 Å². The Balaban J connectivity index is 1.51. The molecule has 5 aliphatic rings. The molecule has 0 spiro atoms.